The molecule has 3 heteroatoms. The van der Waals surface area contributed by atoms with Crippen molar-refractivity contribution in [3.05, 3.63) is 83.7 Å². The van der Waals surface area contributed by atoms with E-state index in [1.54, 1.807) is 12.1 Å². The number of aryl methyl sites for hydroxylation is 1. The van der Waals surface area contributed by atoms with Gasteiger partial charge in [-0.3, -0.25) is 0 Å². The Morgan fingerprint density at radius 2 is 1.32 bits per heavy atom. The predicted octanol–water partition coefficient (Wildman–Crippen LogP) is 5.75. The summed E-state index contributed by atoms with van der Waals surface area (Å²) in [5.41, 5.74) is 2.62. The Morgan fingerprint density at radius 1 is 0.636 bits per heavy atom. The van der Waals surface area contributed by atoms with Gasteiger partial charge in [0.25, 0.3) is 0 Å². The van der Waals surface area contributed by atoms with Gasteiger partial charge in [0.15, 0.2) is 11.6 Å². The van der Waals surface area contributed by atoms with E-state index in [0.717, 1.165) is 17.2 Å². The summed E-state index contributed by atoms with van der Waals surface area (Å²) in [5, 5.41) is 0. The second-order valence-corrected chi connectivity index (χ2v) is 5.16. The molecule has 0 fully saturated rings. The molecule has 0 saturated heterocycles. The minimum atomic E-state index is -0.968. The monoisotopic (exact) mass is 298 g/mol. The summed E-state index contributed by atoms with van der Waals surface area (Å²) in [7, 11) is 0. The second-order valence-electron chi connectivity index (χ2n) is 5.16. The summed E-state index contributed by atoms with van der Waals surface area (Å²) in [6.45, 7) is 1.95. The van der Waals surface area contributed by atoms with Crippen molar-refractivity contribution in [3.8, 4) is 22.3 Å². The summed E-state index contributed by atoms with van der Waals surface area (Å²) in [5.74, 6) is -2.38. The first-order valence-electron chi connectivity index (χ1n) is 6.87. The molecule has 110 valence electrons. The molecule has 0 aliphatic heterocycles. The zero-order valence-electron chi connectivity index (χ0n) is 11.9. The Kier molecular flexibility index (Phi) is 3.72. The highest BCUT2D eigenvalue weighted by atomic mass is 19.2. The van der Waals surface area contributed by atoms with Gasteiger partial charge in [-0.15, -0.1) is 0 Å². The molecule has 0 nitrogen and oxygen atoms in total. The van der Waals surface area contributed by atoms with Crippen molar-refractivity contribution in [1.82, 2.24) is 0 Å². The molecule has 0 bridgehead atoms. The highest BCUT2D eigenvalue weighted by Gasteiger charge is 2.12. The molecule has 3 rings (SSSR count). The largest absolute Gasteiger partial charge is 0.206 e. The maximum Gasteiger partial charge on any atom is 0.166 e. The van der Waals surface area contributed by atoms with Crippen LogP contribution in [0.1, 0.15) is 5.56 Å². The van der Waals surface area contributed by atoms with Crippen molar-refractivity contribution in [2.75, 3.05) is 0 Å². The van der Waals surface area contributed by atoms with Crippen LogP contribution < -0.4 is 0 Å². The van der Waals surface area contributed by atoms with Crippen molar-refractivity contribution in [1.29, 1.82) is 0 Å². The predicted molar refractivity (Wildman–Crippen MR) is 81.9 cm³/mol. The van der Waals surface area contributed by atoms with Gasteiger partial charge in [0.2, 0.25) is 0 Å². The van der Waals surface area contributed by atoms with E-state index >= 15 is 0 Å². The van der Waals surface area contributed by atoms with Gasteiger partial charge in [0, 0.05) is 11.1 Å². The Labute approximate surface area is 126 Å². The quantitative estimate of drug-likeness (QED) is 0.565. The van der Waals surface area contributed by atoms with Crippen LogP contribution in [0.2, 0.25) is 0 Å². The summed E-state index contributed by atoms with van der Waals surface area (Å²) in [6.07, 6.45) is 0. The lowest BCUT2D eigenvalue weighted by molar-refractivity contribution is 0.511. The van der Waals surface area contributed by atoms with Crippen molar-refractivity contribution < 1.29 is 13.2 Å². The molecule has 22 heavy (non-hydrogen) atoms. The third kappa shape index (κ3) is 2.62. The molecule has 3 aromatic rings. The van der Waals surface area contributed by atoms with Gasteiger partial charge in [0.1, 0.15) is 5.82 Å². The Hall–Kier alpha value is -2.55. The van der Waals surface area contributed by atoms with E-state index in [1.165, 1.54) is 18.2 Å². The summed E-state index contributed by atoms with van der Waals surface area (Å²) in [4.78, 5) is 0. The van der Waals surface area contributed by atoms with Crippen LogP contribution in [0.5, 0.6) is 0 Å². The maximum absolute atomic E-state index is 14.3. The molecular weight excluding hydrogens is 285 g/mol. The third-order valence-corrected chi connectivity index (χ3v) is 3.59. The Morgan fingerprint density at radius 3 is 2.00 bits per heavy atom. The fraction of sp³-hybridized carbons (Fsp3) is 0.0526. The van der Waals surface area contributed by atoms with Crippen LogP contribution in [0.3, 0.4) is 0 Å². The average Bonchev–Trinajstić information content (AvgIpc) is 2.51. The van der Waals surface area contributed by atoms with Crippen LogP contribution in [-0.4, -0.2) is 0 Å². The van der Waals surface area contributed by atoms with Gasteiger partial charge in [-0.25, -0.2) is 13.2 Å². The first-order chi connectivity index (χ1) is 10.6. The van der Waals surface area contributed by atoms with Crippen LogP contribution in [0.15, 0.2) is 60.7 Å². The smallest absolute Gasteiger partial charge is 0.166 e. The zero-order chi connectivity index (χ0) is 15.7. The molecule has 0 heterocycles. The first kappa shape index (κ1) is 14.4. The molecule has 3 aromatic carbocycles. The van der Waals surface area contributed by atoms with Crippen LogP contribution >= 0.6 is 0 Å². The number of hydrogen-bond donors (Lipinski definition) is 0. The fourth-order valence-corrected chi connectivity index (χ4v) is 2.38. The molecule has 0 aromatic heterocycles. The Bertz CT molecular complexity index is 821. The molecule has 0 unspecified atom stereocenters. The van der Waals surface area contributed by atoms with Gasteiger partial charge < -0.3 is 0 Å². The van der Waals surface area contributed by atoms with Gasteiger partial charge in [0.05, 0.1) is 0 Å². The highest BCUT2D eigenvalue weighted by molar-refractivity contribution is 5.71. The van der Waals surface area contributed by atoms with Crippen LogP contribution in [0, 0.1) is 24.4 Å². The van der Waals surface area contributed by atoms with Gasteiger partial charge >= 0.3 is 0 Å². The zero-order valence-corrected chi connectivity index (χ0v) is 11.9. The van der Waals surface area contributed by atoms with Gasteiger partial charge in [-0.05, 0) is 30.2 Å². The molecule has 0 amide bonds. The molecular formula is C19H13F3. The number of hydrogen-bond acceptors (Lipinski definition) is 0. The molecule has 0 saturated carbocycles. The van der Waals surface area contributed by atoms with E-state index in [0.29, 0.717) is 11.1 Å². The van der Waals surface area contributed by atoms with E-state index in [9.17, 15) is 13.2 Å². The molecule has 0 N–H and O–H groups in total. The fourth-order valence-electron chi connectivity index (χ4n) is 2.38. The molecule has 0 spiro atoms. The van der Waals surface area contributed by atoms with Crippen molar-refractivity contribution in [2.24, 2.45) is 0 Å². The van der Waals surface area contributed by atoms with Gasteiger partial charge in [-0.1, -0.05) is 54.1 Å². The summed E-state index contributed by atoms with van der Waals surface area (Å²) >= 11 is 0. The minimum absolute atomic E-state index is 0.0503. The van der Waals surface area contributed by atoms with Crippen molar-refractivity contribution in [2.45, 2.75) is 6.92 Å². The minimum Gasteiger partial charge on any atom is -0.206 e. The van der Waals surface area contributed by atoms with Crippen molar-refractivity contribution in [3.63, 3.8) is 0 Å². The number of halogens is 3. The number of benzene rings is 3. The van der Waals surface area contributed by atoms with E-state index in [-0.39, 0.29) is 5.56 Å². The molecule has 0 atom stereocenters. The molecule has 0 radical (unpaired) electrons. The Balaban J connectivity index is 2.06. The standard InChI is InChI=1S/C19H13F3/c1-12-5-7-13(8-6-12)15-10-9-14(11-18(15)21)16-3-2-4-17(20)19(16)22/h2-11H,1H3. The maximum atomic E-state index is 14.3. The van der Waals surface area contributed by atoms with E-state index in [2.05, 4.69) is 0 Å². The van der Waals surface area contributed by atoms with Crippen molar-refractivity contribution >= 4 is 0 Å². The molecule has 0 aliphatic rings. The normalized spacial score (nSPS) is 10.7. The lowest BCUT2D eigenvalue weighted by Gasteiger charge is -2.08. The van der Waals surface area contributed by atoms with Gasteiger partial charge in [-0.2, -0.15) is 0 Å². The van der Waals surface area contributed by atoms with E-state index < -0.39 is 17.5 Å². The summed E-state index contributed by atoms with van der Waals surface area (Å²) in [6, 6.07) is 15.7. The van der Waals surface area contributed by atoms with Crippen LogP contribution in [0.25, 0.3) is 22.3 Å². The lowest BCUT2D eigenvalue weighted by atomic mass is 9.98. The highest BCUT2D eigenvalue weighted by Crippen LogP contribution is 2.30. The molecule has 0 aliphatic carbocycles. The first-order valence-corrected chi connectivity index (χ1v) is 6.87. The summed E-state index contributed by atoms with van der Waals surface area (Å²) < 4.78 is 41.4. The van der Waals surface area contributed by atoms with E-state index in [1.807, 2.05) is 31.2 Å². The van der Waals surface area contributed by atoms with Crippen LogP contribution in [-0.2, 0) is 0 Å². The topological polar surface area (TPSA) is 0 Å². The van der Waals surface area contributed by atoms with Crippen LogP contribution in [0.4, 0.5) is 13.2 Å². The second kappa shape index (κ2) is 5.68. The SMILES string of the molecule is Cc1ccc(-c2ccc(-c3cccc(F)c3F)cc2F)cc1. The number of rotatable bonds is 2. The lowest BCUT2D eigenvalue weighted by Crippen LogP contribution is -1.91. The third-order valence-electron chi connectivity index (χ3n) is 3.59. The van der Waals surface area contributed by atoms with E-state index in [4.69, 9.17) is 0 Å². The average molecular weight is 298 g/mol.